The number of hydrogen-bond acceptors (Lipinski definition) is 3. The molecule has 122 valence electrons. The SMILES string of the molecule is CC(C)N(C)S(=O)(=O)c1ccc(C(=O)N2CCCCC2)cc1. The standard InChI is InChI=1S/C16H24N2O3S/c1-13(2)17(3)22(20,21)15-9-7-14(8-10-15)16(19)18-11-5-4-6-12-18/h7-10,13H,4-6,11-12H2,1-3H3. The molecule has 1 heterocycles. The van der Waals surface area contributed by atoms with E-state index >= 15 is 0 Å². The smallest absolute Gasteiger partial charge is 0.253 e. The molecule has 0 bridgehead atoms. The van der Waals surface area contributed by atoms with Gasteiger partial charge in [-0.2, -0.15) is 4.31 Å². The van der Waals surface area contributed by atoms with E-state index in [0.29, 0.717) is 5.56 Å². The molecule has 0 saturated carbocycles. The van der Waals surface area contributed by atoms with Crippen molar-refractivity contribution in [1.29, 1.82) is 0 Å². The molecular weight excluding hydrogens is 300 g/mol. The summed E-state index contributed by atoms with van der Waals surface area (Å²) in [7, 11) is -1.93. The van der Waals surface area contributed by atoms with Crippen LogP contribution in [-0.2, 0) is 10.0 Å². The molecule has 22 heavy (non-hydrogen) atoms. The van der Waals surface area contributed by atoms with E-state index < -0.39 is 10.0 Å². The van der Waals surface area contributed by atoms with Gasteiger partial charge in [0.05, 0.1) is 4.90 Å². The molecule has 6 heteroatoms. The van der Waals surface area contributed by atoms with E-state index in [-0.39, 0.29) is 16.8 Å². The number of rotatable bonds is 4. The minimum Gasteiger partial charge on any atom is -0.339 e. The van der Waals surface area contributed by atoms with E-state index in [0.717, 1.165) is 25.9 Å². The minimum atomic E-state index is -3.50. The van der Waals surface area contributed by atoms with Crippen molar-refractivity contribution >= 4 is 15.9 Å². The highest BCUT2D eigenvalue weighted by molar-refractivity contribution is 7.89. The van der Waals surface area contributed by atoms with Crippen molar-refractivity contribution in [2.75, 3.05) is 20.1 Å². The van der Waals surface area contributed by atoms with Crippen LogP contribution in [0.2, 0.25) is 0 Å². The van der Waals surface area contributed by atoms with Crippen molar-refractivity contribution in [3.05, 3.63) is 29.8 Å². The quantitative estimate of drug-likeness (QED) is 0.854. The highest BCUT2D eigenvalue weighted by Gasteiger charge is 2.24. The number of carbonyl (C=O) groups is 1. The summed E-state index contributed by atoms with van der Waals surface area (Å²) in [6.07, 6.45) is 3.25. The number of benzene rings is 1. The van der Waals surface area contributed by atoms with Gasteiger partial charge in [0, 0.05) is 31.7 Å². The Balaban J connectivity index is 2.18. The van der Waals surface area contributed by atoms with E-state index in [1.807, 2.05) is 18.7 Å². The Morgan fingerprint density at radius 1 is 1.09 bits per heavy atom. The van der Waals surface area contributed by atoms with Crippen LogP contribution in [0, 0.1) is 0 Å². The van der Waals surface area contributed by atoms with Gasteiger partial charge in [-0.3, -0.25) is 4.79 Å². The van der Waals surface area contributed by atoms with E-state index in [4.69, 9.17) is 0 Å². The van der Waals surface area contributed by atoms with Gasteiger partial charge in [-0.1, -0.05) is 0 Å². The second kappa shape index (κ2) is 6.79. The van der Waals surface area contributed by atoms with Crippen molar-refractivity contribution in [2.24, 2.45) is 0 Å². The number of nitrogens with zero attached hydrogens (tertiary/aromatic N) is 2. The molecule has 1 aromatic rings. The molecule has 0 radical (unpaired) electrons. The maximum absolute atomic E-state index is 12.4. The van der Waals surface area contributed by atoms with Crippen LogP contribution in [0.4, 0.5) is 0 Å². The van der Waals surface area contributed by atoms with Crippen LogP contribution in [0.5, 0.6) is 0 Å². The lowest BCUT2D eigenvalue weighted by molar-refractivity contribution is 0.0724. The highest BCUT2D eigenvalue weighted by Crippen LogP contribution is 2.19. The number of amides is 1. The fraction of sp³-hybridized carbons (Fsp3) is 0.562. The summed E-state index contributed by atoms with van der Waals surface area (Å²) in [5, 5.41) is 0. The number of likely N-dealkylation sites (tertiary alicyclic amines) is 1. The summed E-state index contributed by atoms with van der Waals surface area (Å²) in [6, 6.07) is 6.15. The second-order valence-electron chi connectivity index (χ2n) is 5.99. The Kier molecular flexibility index (Phi) is 5.24. The zero-order valence-corrected chi connectivity index (χ0v) is 14.3. The normalized spacial score (nSPS) is 16.3. The summed E-state index contributed by atoms with van der Waals surface area (Å²) in [5.41, 5.74) is 0.549. The third-order valence-corrected chi connectivity index (χ3v) is 6.20. The van der Waals surface area contributed by atoms with Gasteiger partial charge in [-0.25, -0.2) is 8.42 Å². The van der Waals surface area contributed by atoms with E-state index in [9.17, 15) is 13.2 Å². The molecule has 2 rings (SSSR count). The number of carbonyl (C=O) groups excluding carboxylic acids is 1. The van der Waals surface area contributed by atoms with Crippen molar-refractivity contribution < 1.29 is 13.2 Å². The van der Waals surface area contributed by atoms with Crippen LogP contribution < -0.4 is 0 Å². The fourth-order valence-corrected chi connectivity index (χ4v) is 3.86. The lowest BCUT2D eigenvalue weighted by Crippen LogP contribution is -2.35. The molecule has 0 unspecified atom stereocenters. The Morgan fingerprint density at radius 2 is 1.64 bits per heavy atom. The van der Waals surface area contributed by atoms with E-state index in [1.165, 1.54) is 22.9 Å². The molecule has 1 fully saturated rings. The highest BCUT2D eigenvalue weighted by atomic mass is 32.2. The molecule has 1 aromatic carbocycles. The molecule has 0 atom stereocenters. The fourth-order valence-electron chi connectivity index (χ4n) is 2.49. The topological polar surface area (TPSA) is 57.7 Å². The first kappa shape index (κ1) is 17.0. The summed E-state index contributed by atoms with van der Waals surface area (Å²) in [6.45, 7) is 5.22. The van der Waals surface area contributed by atoms with Gasteiger partial charge in [0.15, 0.2) is 0 Å². The predicted octanol–water partition coefficient (Wildman–Crippen LogP) is 2.34. The van der Waals surface area contributed by atoms with Crippen LogP contribution in [-0.4, -0.2) is 49.7 Å². The molecule has 1 saturated heterocycles. The first-order valence-electron chi connectivity index (χ1n) is 7.71. The van der Waals surface area contributed by atoms with Crippen molar-refractivity contribution in [2.45, 2.75) is 44.0 Å². The van der Waals surface area contributed by atoms with E-state index in [1.54, 1.807) is 19.2 Å². The summed E-state index contributed by atoms with van der Waals surface area (Å²) in [4.78, 5) is 14.4. The van der Waals surface area contributed by atoms with Crippen molar-refractivity contribution in [1.82, 2.24) is 9.21 Å². The Labute approximate surface area is 133 Å². The summed E-state index contributed by atoms with van der Waals surface area (Å²) >= 11 is 0. The second-order valence-corrected chi connectivity index (χ2v) is 7.99. The van der Waals surface area contributed by atoms with Gasteiger partial charge in [-0.05, 0) is 57.4 Å². The van der Waals surface area contributed by atoms with Gasteiger partial charge >= 0.3 is 0 Å². The van der Waals surface area contributed by atoms with Crippen LogP contribution in [0.25, 0.3) is 0 Å². The molecule has 1 aliphatic rings. The zero-order chi connectivity index (χ0) is 16.3. The average molecular weight is 324 g/mol. The lowest BCUT2D eigenvalue weighted by atomic mass is 10.1. The van der Waals surface area contributed by atoms with Gasteiger partial charge in [0.2, 0.25) is 10.0 Å². The molecule has 0 aliphatic carbocycles. The van der Waals surface area contributed by atoms with Gasteiger partial charge in [0.25, 0.3) is 5.91 Å². The first-order valence-corrected chi connectivity index (χ1v) is 9.15. The van der Waals surface area contributed by atoms with Gasteiger partial charge in [-0.15, -0.1) is 0 Å². The molecular formula is C16H24N2O3S. The Bertz CT molecular complexity index is 617. The van der Waals surface area contributed by atoms with Gasteiger partial charge in [0.1, 0.15) is 0 Å². The maximum atomic E-state index is 12.4. The number of piperidine rings is 1. The third kappa shape index (κ3) is 3.50. The number of sulfonamides is 1. The number of hydrogen-bond donors (Lipinski definition) is 0. The largest absolute Gasteiger partial charge is 0.339 e. The van der Waals surface area contributed by atoms with Crippen molar-refractivity contribution in [3.8, 4) is 0 Å². The van der Waals surface area contributed by atoms with Gasteiger partial charge < -0.3 is 4.90 Å². The zero-order valence-electron chi connectivity index (χ0n) is 13.4. The monoisotopic (exact) mass is 324 g/mol. The molecule has 0 spiro atoms. The molecule has 0 N–H and O–H groups in total. The Hall–Kier alpha value is -1.40. The van der Waals surface area contributed by atoms with E-state index in [2.05, 4.69) is 0 Å². The molecule has 1 aliphatic heterocycles. The summed E-state index contributed by atoms with van der Waals surface area (Å²) < 4.78 is 26.1. The van der Waals surface area contributed by atoms with Crippen LogP contribution >= 0.6 is 0 Å². The summed E-state index contributed by atoms with van der Waals surface area (Å²) in [5.74, 6) is -0.0131. The predicted molar refractivity (Wildman–Crippen MR) is 86.3 cm³/mol. The first-order chi connectivity index (χ1) is 10.3. The van der Waals surface area contributed by atoms with Crippen LogP contribution in [0.3, 0.4) is 0 Å². The average Bonchev–Trinajstić information content (AvgIpc) is 2.54. The van der Waals surface area contributed by atoms with Crippen molar-refractivity contribution in [3.63, 3.8) is 0 Å². The molecule has 0 aromatic heterocycles. The minimum absolute atomic E-state index is 0.0131. The third-order valence-electron chi connectivity index (χ3n) is 4.15. The molecule has 1 amide bonds. The van der Waals surface area contributed by atoms with Crippen LogP contribution in [0.1, 0.15) is 43.5 Å². The maximum Gasteiger partial charge on any atom is 0.253 e. The molecule has 5 nitrogen and oxygen atoms in total. The van der Waals surface area contributed by atoms with Crippen LogP contribution in [0.15, 0.2) is 29.2 Å². The Morgan fingerprint density at radius 3 is 2.14 bits per heavy atom. The lowest BCUT2D eigenvalue weighted by Gasteiger charge is -2.27.